The summed E-state index contributed by atoms with van der Waals surface area (Å²) in [7, 11) is 0. The van der Waals surface area contributed by atoms with Crippen LogP contribution in [0.2, 0.25) is 0 Å². The molecule has 22 heavy (non-hydrogen) atoms. The SMILES string of the molecule is O=C(c1ccccc1)n1c2ccccc2c2c(Br)cccc21. The second-order valence-corrected chi connectivity index (χ2v) is 6.01. The van der Waals surface area contributed by atoms with Gasteiger partial charge in [0.15, 0.2) is 0 Å². The Bertz CT molecular complexity index is 1000. The molecule has 0 saturated heterocycles. The van der Waals surface area contributed by atoms with Crippen LogP contribution in [0.1, 0.15) is 10.4 Å². The van der Waals surface area contributed by atoms with E-state index in [1.165, 1.54) is 0 Å². The van der Waals surface area contributed by atoms with Crippen LogP contribution >= 0.6 is 15.9 Å². The van der Waals surface area contributed by atoms with Crippen molar-refractivity contribution in [1.82, 2.24) is 4.57 Å². The fourth-order valence-electron chi connectivity index (χ4n) is 2.90. The molecule has 0 aliphatic heterocycles. The molecule has 0 amide bonds. The normalized spacial score (nSPS) is 11.1. The summed E-state index contributed by atoms with van der Waals surface area (Å²) < 4.78 is 2.80. The summed E-state index contributed by atoms with van der Waals surface area (Å²) >= 11 is 3.61. The summed E-state index contributed by atoms with van der Waals surface area (Å²) in [5.74, 6) is -0.00935. The fourth-order valence-corrected chi connectivity index (χ4v) is 3.47. The monoisotopic (exact) mass is 349 g/mol. The molecule has 4 aromatic rings. The summed E-state index contributed by atoms with van der Waals surface area (Å²) in [5.41, 5.74) is 2.54. The van der Waals surface area contributed by atoms with Crippen LogP contribution < -0.4 is 0 Å². The van der Waals surface area contributed by atoms with Gasteiger partial charge in [-0.15, -0.1) is 0 Å². The molecule has 0 saturated carbocycles. The molecule has 3 aromatic carbocycles. The molecule has 3 heteroatoms. The lowest BCUT2D eigenvalue weighted by molar-refractivity contribution is 0.0969. The maximum Gasteiger partial charge on any atom is 0.262 e. The van der Waals surface area contributed by atoms with Crippen molar-refractivity contribution in [2.24, 2.45) is 0 Å². The van der Waals surface area contributed by atoms with E-state index < -0.39 is 0 Å². The summed E-state index contributed by atoms with van der Waals surface area (Å²) in [6.07, 6.45) is 0. The number of fused-ring (bicyclic) bond motifs is 3. The molecule has 0 radical (unpaired) electrons. The molecule has 0 spiro atoms. The number of hydrogen-bond acceptors (Lipinski definition) is 1. The first-order valence-electron chi connectivity index (χ1n) is 7.05. The summed E-state index contributed by atoms with van der Waals surface area (Å²) in [6.45, 7) is 0. The van der Waals surface area contributed by atoms with Crippen LogP contribution in [0.15, 0.2) is 77.3 Å². The van der Waals surface area contributed by atoms with E-state index in [2.05, 4.69) is 22.0 Å². The Hall–Kier alpha value is -2.39. The van der Waals surface area contributed by atoms with Gasteiger partial charge < -0.3 is 0 Å². The van der Waals surface area contributed by atoms with Crippen molar-refractivity contribution in [2.45, 2.75) is 0 Å². The summed E-state index contributed by atoms with van der Waals surface area (Å²) in [4.78, 5) is 13.0. The lowest BCUT2D eigenvalue weighted by Gasteiger charge is -2.06. The number of para-hydroxylation sites is 1. The Kier molecular flexibility index (Phi) is 3.09. The van der Waals surface area contributed by atoms with Gasteiger partial charge in [-0.2, -0.15) is 0 Å². The number of nitrogens with zero attached hydrogens (tertiary/aromatic N) is 1. The molecule has 0 aliphatic rings. The fraction of sp³-hybridized carbons (Fsp3) is 0. The van der Waals surface area contributed by atoms with Gasteiger partial charge >= 0.3 is 0 Å². The third-order valence-electron chi connectivity index (χ3n) is 3.87. The van der Waals surface area contributed by atoms with Crippen molar-refractivity contribution >= 4 is 43.6 Å². The highest BCUT2D eigenvalue weighted by molar-refractivity contribution is 9.10. The Morgan fingerprint density at radius 1 is 0.773 bits per heavy atom. The third-order valence-corrected chi connectivity index (χ3v) is 4.53. The average molecular weight is 350 g/mol. The van der Waals surface area contributed by atoms with E-state index in [9.17, 15) is 4.79 Å². The number of aromatic nitrogens is 1. The smallest absolute Gasteiger partial charge is 0.262 e. The minimum Gasteiger partial charge on any atom is -0.276 e. The third kappa shape index (κ3) is 1.90. The number of rotatable bonds is 1. The number of hydrogen-bond donors (Lipinski definition) is 0. The van der Waals surface area contributed by atoms with E-state index in [1.807, 2.05) is 66.7 Å². The lowest BCUT2D eigenvalue weighted by Crippen LogP contribution is -2.11. The van der Waals surface area contributed by atoms with Crippen molar-refractivity contribution in [3.63, 3.8) is 0 Å². The van der Waals surface area contributed by atoms with Crippen molar-refractivity contribution in [3.05, 3.63) is 82.8 Å². The van der Waals surface area contributed by atoms with E-state index in [4.69, 9.17) is 0 Å². The van der Waals surface area contributed by atoms with Gasteiger partial charge in [-0.05, 0) is 30.3 Å². The molecular formula is C19H12BrNO. The highest BCUT2D eigenvalue weighted by atomic mass is 79.9. The van der Waals surface area contributed by atoms with Gasteiger partial charge in [0.05, 0.1) is 11.0 Å². The molecule has 1 aromatic heterocycles. The lowest BCUT2D eigenvalue weighted by atomic mass is 10.2. The molecule has 106 valence electrons. The molecule has 0 aliphatic carbocycles. The largest absolute Gasteiger partial charge is 0.276 e. The summed E-state index contributed by atoms with van der Waals surface area (Å²) in [5, 5.41) is 2.15. The molecule has 0 bridgehead atoms. The maximum atomic E-state index is 13.0. The number of carbonyl (C=O) groups excluding carboxylic acids is 1. The summed E-state index contributed by atoms with van der Waals surface area (Å²) in [6, 6.07) is 23.3. The van der Waals surface area contributed by atoms with E-state index in [0.29, 0.717) is 5.56 Å². The van der Waals surface area contributed by atoms with Crippen molar-refractivity contribution in [1.29, 1.82) is 0 Å². The molecule has 2 nitrogen and oxygen atoms in total. The Labute approximate surface area is 136 Å². The molecule has 0 unspecified atom stereocenters. The van der Waals surface area contributed by atoms with Gasteiger partial charge in [0.2, 0.25) is 0 Å². The van der Waals surface area contributed by atoms with Crippen LogP contribution in [0.25, 0.3) is 21.8 Å². The molecule has 0 fully saturated rings. The van der Waals surface area contributed by atoms with Gasteiger partial charge in [0.1, 0.15) is 0 Å². The average Bonchev–Trinajstić information content (AvgIpc) is 2.90. The molecule has 0 atom stereocenters. The first-order chi connectivity index (χ1) is 10.8. The standard InChI is InChI=1S/C19H12BrNO/c20-15-10-6-12-17-18(15)14-9-4-5-11-16(14)21(17)19(22)13-7-2-1-3-8-13/h1-12H. The van der Waals surface area contributed by atoms with Gasteiger partial charge in [0, 0.05) is 20.8 Å². The van der Waals surface area contributed by atoms with Gasteiger partial charge in [-0.25, -0.2) is 0 Å². The van der Waals surface area contributed by atoms with Crippen molar-refractivity contribution in [2.75, 3.05) is 0 Å². The molecule has 1 heterocycles. The van der Waals surface area contributed by atoms with E-state index in [0.717, 1.165) is 26.3 Å². The Balaban J connectivity index is 2.12. The van der Waals surface area contributed by atoms with Gasteiger partial charge in [-0.1, -0.05) is 58.4 Å². The van der Waals surface area contributed by atoms with E-state index in [-0.39, 0.29) is 5.91 Å². The number of carbonyl (C=O) groups is 1. The van der Waals surface area contributed by atoms with Crippen molar-refractivity contribution in [3.8, 4) is 0 Å². The maximum absolute atomic E-state index is 13.0. The highest BCUT2D eigenvalue weighted by Crippen LogP contribution is 2.34. The first kappa shape index (κ1) is 13.3. The van der Waals surface area contributed by atoms with Crippen molar-refractivity contribution < 1.29 is 4.79 Å². The Morgan fingerprint density at radius 3 is 2.27 bits per heavy atom. The second-order valence-electron chi connectivity index (χ2n) is 5.16. The van der Waals surface area contributed by atoms with Crippen LogP contribution in [0.4, 0.5) is 0 Å². The number of halogens is 1. The zero-order valence-electron chi connectivity index (χ0n) is 11.7. The quantitative estimate of drug-likeness (QED) is 0.460. The van der Waals surface area contributed by atoms with E-state index >= 15 is 0 Å². The molecular weight excluding hydrogens is 338 g/mol. The predicted molar refractivity (Wildman–Crippen MR) is 93.3 cm³/mol. The van der Waals surface area contributed by atoms with Crippen LogP contribution in [0.3, 0.4) is 0 Å². The predicted octanol–water partition coefficient (Wildman–Crippen LogP) is 5.25. The zero-order chi connectivity index (χ0) is 15.1. The first-order valence-corrected chi connectivity index (χ1v) is 7.84. The van der Waals surface area contributed by atoms with Gasteiger partial charge in [0.25, 0.3) is 5.91 Å². The van der Waals surface area contributed by atoms with Crippen LogP contribution in [-0.2, 0) is 0 Å². The molecule has 0 N–H and O–H groups in total. The Morgan fingerprint density at radius 2 is 1.45 bits per heavy atom. The van der Waals surface area contributed by atoms with E-state index in [1.54, 1.807) is 4.57 Å². The highest BCUT2D eigenvalue weighted by Gasteiger charge is 2.18. The van der Waals surface area contributed by atoms with Crippen LogP contribution in [0.5, 0.6) is 0 Å². The minimum atomic E-state index is -0.00935. The topological polar surface area (TPSA) is 22.0 Å². The van der Waals surface area contributed by atoms with Gasteiger partial charge in [-0.3, -0.25) is 9.36 Å². The van der Waals surface area contributed by atoms with Crippen LogP contribution in [0, 0.1) is 0 Å². The zero-order valence-corrected chi connectivity index (χ0v) is 13.2. The molecule has 4 rings (SSSR count). The second kappa shape index (κ2) is 5.11. The minimum absolute atomic E-state index is 0.00935. The van der Waals surface area contributed by atoms with Crippen LogP contribution in [-0.4, -0.2) is 10.5 Å². The number of benzene rings is 3.